The molecule has 1 aromatic rings. The summed E-state index contributed by atoms with van der Waals surface area (Å²) in [6, 6.07) is 3.60. The SMILES string of the molecule is C[C@]12CCC(=N)C=C1CCC1C2CC[C@]2(C)[C@@H](c3ccc(=O)oc3)CC[C@]12C. The zero-order valence-electron chi connectivity index (χ0n) is 17.5. The van der Waals surface area contributed by atoms with E-state index in [0.717, 1.165) is 24.0 Å². The summed E-state index contributed by atoms with van der Waals surface area (Å²) < 4.78 is 5.25. The maximum Gasteiger partial charge on any atom is 0.335 e. The predicted molar refractivity (Wildman–Crippen MR) is 112 cm³/mol. The Morgan fingerprint density at radius 3 is 2.50 bits per heavy atom. The van der Waals surface area contributed by atoms with E-state index >= 15 is 0 Å². The van der Waals surface area contributed by atoms with Gasteiger partial charge in [-0.15, -0.1) is 0 Å². The zero-order chi connectivity index (χ0) is 19.7. The Balaban J connectivity index is 1.52. The van der Waals surface area contributed by atoms with Gasteiger partial charge in [-0.1, -0.05) is 26.3 Å². The highest BCUT2D eigenvalue weighted by Crippen LogP contribution is 2.73. The van der Waals surface area contributed by atoms with Crippen LogP contribution in [0.1, 0.15) is 83.6 Å². The molecule has 3 saturated carbocycles. The third kappa shape index (κ3) is 2.28. The number of nitrogens with one attached hydrogen (secondary N) is 1. The summed E-state index contributed by atoms with van der Waals surface area (Å²) in [5, 5.41) is 8.15. The second-order valence-corrected chi connectivity index (χ2v) is 10.7. The minimum Gasteiger partial charge on any atom is -0.431 e. The van der Waals surface area contributed by atoms with Crippen LogP contribution in [-0.2, 0) is 0 Å². The topological polar surface area (TPSA) is 54.1 Å². The molecule has 5 rings (SSSR count). The van der Waals surface area contributed by atoms with Crippen LogP contribution < -0.4 is 5.63 Å². The number of hydrogen-bond acceptors (Lipinski definition) is 3. The summed E-state index contributed by atoms with van der Waals surface area (Å²) >= 11 is 0. The van der Waals surface area contributed by atoms with Crippen LogP contribution in [0.4, 0.5) is 0 Å². The number of fused-ring (bicyclic) bond motifs is 5. The molecule has 3 fully saturated rings. The van der Waals surface area contributed by atoms with Gasteiger partial charge in [-0.2, -0.15) is 0 Å². The molecule has 6 atom stereocenters. The lowest BCUT2D eigenvalue weighted by molar-refractivity contribution is -0.102. The van der Waals surface area contributed by atoms with Gasteiger partial charge in [0, 0.05) is 11.8 Å². The smallest absolute Gasteiger partial charge is 0.335 e. The fraction of sp³-hybridized carbons (Fsp3) is 0.680. The molecule has 0 saturated heterocycles. The minimum absolute atomic E-state index is 0.249. The Morgan fingerprint density at radius 1 is 0.964 bits per heavy atom. The molecule has 3 nitrogen and oxygen atoms in total. The average Bonchev–Trinajstić information content (AvgIpc) is 2.95. The van der Waals surface area contributed by atoms with Crippen molar-refractivity contribution < 1.29 is 4.42 Å². The predicted octanol–water partition coefficient (Wildman–Crippen LogP) is 6.10. The Labute approximate surface area is 168 Å². The summed E-state index contributed by atoms with van der Waals surface area (Å²) in [5.41, 5.74) is 4.29. The van der Waals surface area contributed by atoms with E-state index in [9.17, 15) is 4.79 Å². The summed E-state index contributed by atoms with van der Waals surface area (Å²) in [4.78, 5) is 11.5. The van der Waals surface area contributed by atoms with Crippen molar-refractivity contribution in [2.75, 3.05) is 0 Å². The average molecular weight is 380 g/mol. The molecule has 1 aromatic heterocycles. The molecule has 0 aromatic carbocycles. The van der Waals surface area contributed by atoms with Crippen molar-refractivity contribution in [2.45, 2.75) is 78.1 Å². The zero-order valence-corrected chi connectivity index (χ0v) is 17.5. The van der Waals surface area contributed by atoms with Crippen LogP contribution in [0.5, 0.6) is 0 Å². The van der Waals surface area contributed by atoms with Gasteiger partial charge < -0.3 is 9.83 Å². The minimum atomic E-state index is -0.249. The van der Waals surface area contributed by atoms with Gasteiger partial charge in [0.1, 0.15) is 0 Å². The van der Waals surface area contributed by atoms with Crippen LogP contribution in [0.3, 0.4) is 0 Å². The molecule has 2 unspecified atom stereocenters. The normalized spacial score (nSPS) is 45.0. The first-order valence-electron chi connectivity index (χ1n) is 11.2. The van der Waals surface area contributed by atoms with E-state index in [-0.39, 0.29) is 11.0 Å². The van der Waals surface area contributed by atoms with Gasteiger partial charge in [0.2, 0.25) is 0 Å². The van der Waals surface area contributed by atoms with Crippen LogP contribution >= 0.6 is 0 Å². The van der Waals surface area contributed by atoms with E-state index in [2.05, 4.69) is 26.8 Å². The van der Waals surface area contributed by atoms with E-state index in [4.69, 9.17) is 9.83 Å². The third-order valence-electron chi connectivity index (χ3n) is 9.97. The van der Waals surface area contributed by atoms with Gasteiger partial charge in [-0.3, -0.25) is 0 Å². The Bertz CT molecular complexity index is 893. The second-order valence-electron chi connectivity index (χ2n) is 10.7. The Morgan fingerprint density at radius 2 is 1.75 bits per heavy atom. The number of allylic oxidation sites excluding steroid dienone is 2. The molecule has 0 amide bonds. The van der Waals surface area contributed by atoms with Crippen LogP contribution in [0, 0.1) is 33.5 Å². The van der Waals surface area contributed by atoms with Gasteiger partial charge in [0.25, 0.3) is 0 Å². The molecule has 4 aliphatic carbocycles. The van der Waals surface area contributed by atoms with Crippen molar-refractivity contribution in [2.24, 2.45) is 28.1 Å². The maximum atomic E-state index is 11.5. The van der Waals surface area contributed by atoms with Gasteiger partial charge in [0.05, 0.1) is 6.26 Å². The molecule has 1 N–H and O–H groups in total. The number of rotatable bonds is 1. The van der Waals surface area contributed by atoms with E-state index in [1.807, 2.05) is 6.07 Å². The third-order valence-corrected chi connectivity index (χ3v) is 9.97. The molecule has 28 heavy (non-hydrogen) atoms. The lowest BCUT2D eigenvalue weighted by Crippen LogP contribution is -2.55. The van der Waals surface area contributed by atoms with Gasteiger partial charge in [0.15, 0.2) is 0 Å². The quantitative estimate of drug-likeness (QED) is 0.641. The first-order chi connectivity index (χ1) is 13.3. The van der Waals surface area contributed by atoms with Crippen molar-refractivity contribution in [3.05, 3.63) is 46.0 Å². The van der Waals surface area contributed by atoms with Crippen LogP contribution in [0.25, 0.3) is 0 Å². The van der Waals surface area contributed by atoms with E-state index in [0.29, 0.717) is 16.7 Å². The van der Waals surface area contributed by atoms with E-state index in [1.54, 1.807) is 17.9 Å². The van der Waals surface area contributed by atoms with Crippen LogP contribution in [-0.4, -0.2) is 5.71 Å². The monoisotopic (exact) mass is 379 g/mol. The maximum absolute atomic E-state index is 11.5. The summed E-state index contributed by atoms with van der Waals surface area (Å²) in [5.74, 6) is 2.01. The van der Waals surface area contributed by atoms with Crippen molar-refractivity contribution in [1.29, 1.82) is 5.41 Å². The Kier molecular flexibility index (Phi) is 3.90. The van der Waals surface area contributed by atoms with Gasteiger partial charge >= 0.3 is 5.63 Å². The molecule has 1 heterocycles. The highest BCUT2D eigenvalue weighted by molar-refractivity contribution is 5.94. The first kappa shape index (κ1) is 18.4. The number of hydrogen-bond donors (Lipinski definition) is 1. The van der Waals surface area contributed by atoms with Gasteiger partial charge in [-0.25, -0.2) is 4.79 Å². The summed E-state index contributed by atoms with van der Waals surface area (Å²) in [7, 11) is 0. The fourth-order valence-corrected chi connectivity index (χ4v) is 8.09. The Hall–Kier alpha value is -1.64. The molecular formula is C25H33NO2. The molecule has 0 bridgehead atoms. The molecule has 150 valence electrons. The highest BCUT2D eigenvalue weighted by Gasteiger charge is 2.64. The highest BCUT2D eigenvalue weighted by atomic mass is 16.4. The second kappa shape index (κ2) is 5.93. The lowest BCUT2D eigenvalue weighted by atomic mass is 9.42. The van der Waals surface area contributed by atoms with E-state index in [1.165, 1.54) is 50.5 Å². The van der Waals surface area contributed by atoms with E-state index < -0.39 is 0 Å². The molecule has 0 aliphatic heterocycles. The molecular weight excluding hydrogens is 346 g/mol. The molecule has 4 aliphatic rings. The van der Waals surface area contributed by atoms with Gasteiger partial charge in [-0.05, 0) is 103 Å². The fourth-order valence-electron chi connectivity index (χ4n) is 8.09. The molecule has 0 radical (unpaired) electrons. The van der Waals surface area contributed by atoms with Crippen molar-refractivity contribution >= 4 is 5.71 Å². The largest absolute Gasteiger partial charge is 0.431 e. The molecule has 0 spiro atoms. The first-order valence-corrected chi connectivity index (χ1v) is 11.2. The van der Waals surface area contributed by atoms with Crippen molar-refractivity contribution in [1.82, 2.24) is 0 Å². The standard InChI is InChI=1S/C25H33NO2/c1-23-11-8-18(26)14-17(23)5-6-21-20(23)10-13-24(2)19(9-12-25(21,24)3)16-4-7-22(27)28-15-16/h4,7,14-15,19-21,26H,5-6,8-13H2,1-3H3/t19-,20?,21?,23+,24-,25-/m1/s1. The van der Waals surface area contributed by atoms with Crippen molar-refractivity contribution in [3.8, 4) is 0 Å². The summed E-state index contributed by atoms with van der Waals surface area (Å²) in [6.07, 6.45) is 13.6. The van der Waals surface area contributed by atoms with Crippen molar-refractivity contribution in [3.63, 3.8) is 0 Å². The summed E-state index contributed by atoms with van der Waals surface area (Å²) in [6.45, 7) is 7.61. The van der Waals surface area contributed by atoms with Crippen LogP contribution in [0.2, 0.25) is 0 Å². The molecule has 3 heteroatoms. The lowest BCUT2D eigenvalue weighted by Gasteiger charge is -2.63. The van der Waals surface area contributed by atoms with Crippen LogP contribution in [0.15, 0.2) is 39.3 Å².